The minimum absolute atomic E-state index is 0.281. The first-order valence-electron chi connectivity index (χ1n) is 7.50. The third kappa shape index (κ3) is 4.32. The molecule has 4 nitrogen and oxygen atoms in total. The molecule has 1 unspecified atom stereocenters. The van der Waals surface area contributed by atoms with Crippen molar-refractivity contribution < 1.29 is 9.15 Å². The van der Waals surface area contributed by atoms with Crippen molar-refractivity contribution in [1.82, 2.24) is 10.2 Å². The van der Waals surface area contributed by atoms with Crippen molar-refractivity contribution >= 4 is 28.7 Å². The molecule has 118 valence electrons. The van der Waals surface area contributed by atoms with Crippen LogP contribution in [0, 0.1) is 0 Å². The maximum absolute atomic E-state index is 5.76. The van der Waals surface area contributed by atoms with Crippen molar-refractivity contribution in [2.75, 3.05) is 13.2 Å². The van der Waals surface area contributed by atoms with Gasteiger partial charge >= 0.3 is 0 Å². The van der Waals surface area contributed by atoms with E-state index in [1.165, 1.54) is 4.88 Å². The molecule has 0 bridgehead atoms. The smallest absolute Gasteiger partial charge is 0.169 e. The van der Waals surface area contributed by atoms with E-state index in [1.54, 1.807) is 17.6 Å². The molecule has 0 aliphatic carbocycles. The monoisotopic (exact) mass is 336 g/mol. The number of ether oxygens (including phenoxy) is 1. The average Bonchev–Trinajstić information content (AvgIpc) is 3.27. The molecule has 1 saturated heterocycles. The Balaban J connectivity index is 1.59. The predicted molar refractivity (Wildman–Crippen MR) is 91.8 cm³/mol. The highest BCUT2D eigenvalue weighted by atomic mass is 32.1. The van der Waals surface area contributed by atoms with Gasteiger partial charge in [0.2, 0.25) is 0 Å². The molecule has 22 heavy (non-hydrogen) atoms. The van der Waals surface area contributed by atoms with E-state index in [4.69, 9.17) is 21.4 Å². The quantitative estimate of drug-likeness (QED) is 0.819. The van der Waals surface area contributed by atoms with Crippen molar-refractivity contribution in [1.29, 1.82) is 0 Å². The van der Waals surface area contributed by atoms with Crippen LogP contribution in [0.1, 0.15) is 23.5 Å². The molecule has 6 heteroatoms. The number of furan rings is 1. The Morgan fingerprint density at radius 1 is 1.41 bits per heavy atom. The Bertz CT molecular complexity index is 563. The second kappa shape index (κ2) is 7.76. The van der Waals surface area contributed by atoms with Crippen molar-refractivity contribution in [2.24, 2.45) is 0 Å². The zero-order chi connectivity index (χ0) is 15.2. The standard InChI is InChI=1S/C16H20N2O2S2/c21-16(17-10-13-4-1-7-19-13)18(11-14-5-2-8-20-14)12-15-6-3-9-22-15/h1,3-4,6-7,9,14H,2,5,8,10-12H2,(H,17,21). The van der Waals surface area contributed by atoms with Gasteiger partial charge in [-0.3, -0.25) is 0 Å². The van der Waals surface area contributed by atoms with E-state index in [9.17, 15) is 0 Å². The topological polar surface area (TPSA) is 37.6 Å². The molecule has 0 saturated carbocycles. The fourth-order valence-corrected chi connectivity index (χ4v) is 3.46. The minimum Gasteiger partial charge on any atom is -0.467 e. The van der Waals surface area contributed by atoms with E-state index < -0.39 is 0 Å². The molecule has 2 aromatic rings. The second-order valence-corrected chi connectivity index (χ2v) is 6.75. The lowest BCUT2D eigenvalue weighted by Crippen LogP contribution is -2.42. The number of rotatable bonds is 6. The Morgan fingerprint density at radius 3 is 3.05 bits per heavy atom. The van der Waals surface area contributed by atoms with Gasteiger partial charge in [0.25, 0.3) is 0 Å². The van der Waals surface area contributed by atoms with Gasteiger partial charge in [0, 0.05) is 18.0 Å². The summed E-state index contributed by atoms with van der Waals surface area (Å²) in [5, 5.41) is 6.13. The highest BCUT2D eigenvalue weighted by Crippen LogP contribution is 2.17. The van der Waals surface area contributed by atoms with Gasteiger partial charge < -0.3 is 19.4 Å². The molecule has 0 amide bonds. The maximum Gasteiger partial charge on any atom is 0.169 e. The Hall–Kier alpha value is -1.37. The summed E-state index contributed by atoms with van der Waals surface area (Å²) in [6.45, 7) is 3.13. The van der Waals surface area contributed by atoms with Crippen molar-refractivity contribution in [2.45, 2.75) is 32.0 Å². The summed E-state index contributed by atoms with van der Waals surface area (Å²) in [6.07, 6.45) is 4.21. The highest BCUT2D eigenvalue weighted by molar-refractivity contribution is 7.80. The largest absolute Gasteiger partial charge is 0.467 e. The lowest BCUT2D eigenvalue weighted by Gasteiger charge is -2.27. The molecule has 3 heterocycles. The van der Waals surface area contributed by atoms with E-state index in [0.717, 1.165) is 43.4 Å². The van der Waals surface area contributed by atoms with Crippen molar-refractivity contribution in [3.63, 3.8) is 0 Å². The summed E-state index contributed by atoms with van der Waals surface area (Å²) in [6, 6.07) is 8.04. The number of hydrogen-bond donors (Lipinski definition) is 1. The van der Waals surface area contributed by atoms with Crippen LogP contribution in [0.2, 0.25) is 0 Å². The fourth-order valence-electron chi connectivity index (χ4n) is 2.53. The molecular formula is C16H20N2O2S2. The van der Waals surface area contributed by atoms with Gasteiger partial charge in [0.15, 0.2) is 5.11 Å². The van der Waals surface area contributed by atoms with E-state index >= 15 is 0 Å². The molecule has 1 fully saturated rings. The zero-order valence-electron chi connectivity index (χ0n) is 12.4. The lowest BCUT2D eigenvalue weighted by atomic mass is 10.2. The molecule has 0 spiro atoms. The molecule has 3 rings (SSSR count). The number of nitrogens with one attached hydrogen (secondary N) is 1. The van der Waals surface area contributed by atoms with Crippen LogP contribution in [0.3, 0.4) is 0 Å². The number of thiophene rings is 1. The number of thiocarbonyl (C=S) groups is 1. The van der Waals surface area contributed by atoms with Crippen LogP contribution >= 0.6 is 23.6 Å². The van der Waals surface area contributed by atoms with Crippen LogP contribution in [0.25, 0.3) is 0 Å². The van der Waals surface area contributed by atoms with Crippen molar-refractivity contribution in [3.05, 3.63) is 46.5 Å². The van der Waals surface area contributed by atoms with Crippen LogP contribution in [0.4, 0.5) is 0 Å². The second-order valence-electron chi connectivity index (χ2n) is 5.33. The van der Waals surface area contributed by atoms with Crippen LogP contribution in [-0.2, 0) is 17.8 Å². The van der Waals surface area contributed by atoms with Crippen molar-refractivity contribution in [3.8, 4) is 0 Å². The summed E-state index contributed by atoms with van der Waals surface area (Å²) < 4.78 is 11.1. The minimum atomic E-state index is 0.281. The van der Waals surface area contributed by atoms with E-state index in [1.807, 2.05) is 12.1 Å². The molecule has 0 radical (unpaired) electrons. The van der Waals surface area contributed by atoms with Gasteiger partial charge in [0.1, 0.15) is 5.76 Å². The normalized spacial score (nSPS) is 17.5. The van der Waals surface area contributed by atoms with E-state index in [-0.39, 0.29) is 6.10 Å². The van der Waals surface area contributed by atoms with Crippen LogP contribution in [0.5, 0.6) is 0 Å². The average molecular weight is 336 g/mol. The van der Waals surface area contributed by atoms with Gasteiger partial charge in [-0.2, -0.15) is 0 Å². The third-order valence-corrected chi connectivity index (χ3v) is 4.92. The van der Waals surface area contributed by atoms with Gasteiger partial charge in [-0.1, -0.05) is 6.07 Å². The number of nitrogens with zero attached hydrogens (tertiary/aromatic N) is 1. The summed E-state index contributed by atoms with van der Waals surface area (Å²) in [5.74, 6) is 0.885. The highest BCUT2D eigenvalue weighted by Gasteiger charge is 2.21. The predicted octanol–water partition coefficient (Wildman–Crippen LogP) is 3.40. The molecular weight excluding hydrogens is 316 g/mol. The lowest BCUT2D eigenvalue weighted by molar-refractivity contribution is 0.0899. The molecule has 1 atom stereocenters. The van der Waals surface area contributed by atoms with E-state index in [2.05, 4.69) is 27.7 Å². The van der Waals surface area contributed by atoms with Gasteiger partial charge in [-0.15, -0.1) is 11.3 Å². The Kier molecular flexibility index (Phi) is 5.48. The SMILES string of the molecule is S=C(NCc1ccco1)N(Cc1cccs1)CC1CCCO1. The third-order valence-electron chi connectivity index (χ3n) is 3.66. The summed E-state index contributed by atoms with van der Waals surface area (Å²) in [5.41, 5.74) is 0. The molecule has 1 N–H and O–H groups in total. The molecule has 1 aliphatic heterocycles. The summed E-state index contributed by atoms with van der Waals surface area (Å²) in [7, 11) is 0. The van der Waals surface area contributed by atoms with Gasteiger partial charge in [0.05, 0.1) is 25.5 Å². The fraction of sp³-hybridized carbons (Fsp3) is 0.438. The Labute approximate surface area is 140 Å². The zero-order valence-corrected chi connectivity index (χ0v) is 14.0. The number of hydrogen-bond acceptors (Lipinski definition) is 4. The Morgan fingerprint density at radius 2 is 2.36 bits per heavy atom. The van der Waals surface area contributed by atoms with Crippen LogP contribution in [0.15, 0.2) is 40.3 Å². The molecule has 0 aromatic carbocycles. The molecule has 1 aliphatic rings. The van der Waals surface area contributed by atoms with Gasteiger partial charge in [-0.25, -0.2) is 0 Å². The summed E-state index contributed by atoms with van der Waals surface area (Å²) in [4.78, 5) is 3.50. The first-order chi connectivity index (χ1) is 10.8. The maximum atomic E-state index is 5.76. The first kappa shape index (κ1) is 15.5. The van der Waals surface area contributed by atoms with Gasteiger partial charge in [-0.05, 0) is 48.6 Å². The van der Waals surface area contributed by atoms with E-state index in [0.29, 0.717) is 6.54 Å². The van der Waals surface area contributed by atoms with Crippen LogP contribution in [-0.4, -0.2) is 29.3 Å². The molecule has 2 aromatic heterocycles. The summed E-state index contributed by atoms with van der Waals surface area (Å²) >= 11 is 7.33. The first-order valence-corrected chi connectivity index (χ1v) is 8.79. The van der Waals surface area contributed by atoms with Crippen LogP contribution < -0.4 is 5.32 Å².